The predicted octanol–water partition coefficient (Wildman–Crippen LogP) is 0.710. The van der Waals surface area contributed by atoms with Gasteiger partial charge in [-0.25, -0.2) is 0 Å². The molecule has 1 aromatic carbocycles. The van der Waals surface area contributed by atoms with Crippen LogP contribution in [0, 0.1) is 0 Å². The molecule has 0 spiro atoms. The summed E-state index contributed by atoms with van der Waals surface area (Å²) in [6, 6.07) is 5.76. The number of carbonyl (C=O) groups is 2. The summed E-state index contributed by atoms with van der Waals surface area (Å²) in [5.41, 5.74) is 0.0596. The van der Waals surface area contributed by atoms with Crippen LogP contribution < -0.4 is 0 Å². The average Bonchev–Trinajstić information content (AvgIpc) is 2.22. The Labute approximate surface area is 91.1 Å². The minimum Gasteiger partial charge on any atom is -0.289 e. The maximum absolute atomic E-state index is 11.6. The van der Waals surface area contributed by atoms with Gasteiger partial charge in [-0.1, -0.05) is 28.8 Å². The van der Waals surface area contributed by atoms with E-state index in [1.165, 1.54) is 18.2 Å². The highest BCUT2D eigenvalue weighted by atomic mass is 32.2. The molecule has 0 saturated heterocycles. The van der Waals surface area contributed by atoms with Crippen LogP contribution in [0.25, 0.3) is 0 Å². The average molecular weight is 237 g/mol. The molecule has 0 aliphatic heterocycles. The maximum Gasteiger partial charge on any atom is 0.328 e. The lowest BCUT2D eigenvalue weighted by Crippen LogP contribution is -2.21. The van der Waals surface area contributed by atoms with E-state index < -0.39 is 26.6 Å². The predicted molar refractivity (Wildman–Crippen MR) is 52.8 cm³/mol. The summed E-state index contributed by atoms with van der Waals surface area (Å²) < 4.78 is 32.3. The van der Waals surface area contributed by atoms with Crippen LogP contribution in [0.15, 0.2) is 35.2 Å². The molecule has 1 aliphatic rings. The van der Waals surface area contributed by atoms with Gasteiger partial charge in [0.05, 0.1) is 0 Å². The number of ketones is 2. The van der Waals surface area contributed by atoms with Crippen molar-refractivity contribution in [3.05, 3.63) is 46.4 Å². The molecule has 1 aliphatic carbocycles. The van der Waals surface area contributed by atoms with E-state index in [-0.39, 0.29) is 11.1 Å². The molecule has 5 nitrogen and oxygen atoms in total. The molecular formula is C10H5O5S. The second-order valence-electron chi connectivity index (χ2n) is 3.20. The lowest BCUT2D eigenvalue weighted by molar-refractivity contribution is 0.0989. The first-order chi connectivity index (χ1) is 7.41. The standard InChI is InChI=1S/C10H5O5S/c11-8-5-9(16(13,14)15)10(12)7-4-2-1-3-6(7)8/h1-5H. The Bertz CT molecular complexity index is 624. The molecule has 1 radical (unpaired) electrons. The topological polar surface area (TPSA) is 88.2 Å². The van der Waals surface area contributed by atoms with E-state index in [2.05, 4.69) is 0 Å². The normalized spacial score (nSPS) is 15.7. The summed E-state index contributed by atoms with van der Waals surface area (Å²) in [7, 11) is -4.91. The van der Waals surface area contributed by atoms with Gasteiger partial charge in [0.25, 0.3) is 0 Å². The highest BCUT2D eigenvalue weighted by Gasteiger charge is 2.32. The van der Waals surface area contributed by atoms with Gasteiger partial charge in [-0.2, -0.15) is 8.42 Å². The molecule has 0 heterocycles. The van der Waals surface area contributed by atoms with Gasteiger partial charge in [-0.15, -0.1) is 0 Å². The molecule has 2 rings (SSSR count). The van der Waals surface area contributed by atoms with Crippen molar-refractivity contribution < 1.29 is 22.6 Å². The van der Waals surface area contributed by atoms with Gasteiger partial charge in [-0.3, -0.25) is 9.59 Å². The summed E-state index contributed by atoms with van der Waals surface area (Å²) in [6.07, 6.45) is 0.576. The number of Topliss-reactive ketones (excluding diaryl/α,β-unsaturated/α-hetero) is 1. The van der Waals surface area contributed by atoms with Crippen molar-refractivity contribution in [1.82, 2.24) is 0 Å². The van der Waals surface area contributed by atoms with Crippen molar-refractivity contribution in [3.63, 3.8) is 0 Å². The number of allylic oxidation sites excluding steroid dienone is 2. The molecule has 0 amide bonds. The number of hydrogen-bond acceptors (Lipinski definition) is 4. The summed E-state index contributed by atoms with van der Waals surface area (Å²) in [6.45, 7) is 0. The molecule has 0 atom stereocenters. The van der Waals surface area contributed by atoms with Crippen LogP contribution in [0.1, 0.15) is 20.7 Å². The first-order valence-corrected chi connectivity index (χ1v) is 5.68. The second-order valence-corrected chi connectivity index (χ2v) is 4.55. The van der Waals surface area contributed by atoms with Gasteiger partial charge >= 0.3 is 10.1 Å². The Morgan fingerprint density at radius 3 is 2.06 bits per heavy atom. The van der Waals surface area contributed by atoms with E-state index in [9.17, 15) is 22.6 Å². The van der Waals surface area contributed by atoms with Gasteiger partial charge in [0.2, 0.25) is 5.78 Å². The van der Waals surface area contributed by atoms with Gasteiger partial charge in [-0.05, 0) is 0 Å². The van der Waals surface area contributed by atoms with Crippen molar-refractivity contribution in [2.75, 3.05) is 0 Å². The molecule has 0 aromatic heterocycles. The molecule has 6 heteroatoms. The molecule has 0 saturated carbocycles. The van der Waals surface area contributed by atoms with Crippen LogP contribution >= 0.6 is 0 Å². The summed E-state index contributed by atoms with van der Waals surface area (Å²) >= 11 is 0. The van der Waals surface area contributed by atoms with E-state index in [4.69, 9.17) is 0 Å². The second kappa shape index (κ2) is 3.36. The molecule has 0 N–H and O–H groups in total. The van der Waals surface area contributed by atoms with Crippen molar-refractivity contribution in [2.45, 2.75) is 0 Å². The van der Waals surface area contributed by atoms with Gasteiger partial charge < -0.3 is 0 Å². The SMILES string of the molecule is [O]S(=O)(=O)C1=CC(=O)c2ccccc2C1=O. The third-order valence-corrected chi connectivity index (χ3v) is 3.03. The quantitative estimate of drug-likeness (QED) is 0.719. The van der Waals surface area contributed by atoms with Crippen molar-refractivity contribution >= 4 is 21.7 Å². The number of rotatable bonds is 1. The number of benzene rings is 1. The number of carbonyl (C=O) groups excluding carboxylic acids is 2. The Morgan fingerprint density at radius 1 is 0.938 bits per heavy atom. The van der Waals surface area contributed by atoms with Crippen LogP contribution in [-0.4, -0.2) is 20.0 Å². The zero-order valence-electron chi connectivity index (χ0n) is 7.84. The van der Waals surface area contributed by atoms with E-state index in [0.29, 0.717) is 6.08 Å². The third-order valence-electron chi connectivity index (χ3n) is 2.19. The lowest BCUT2D eigenvalue weighted by atomic mass is 9.95. The Kier molecular flexibility index (Phi) is 2.25. The van der Waals surface area contributed by atoms with Crippen LogP contribution in [-0.2, 0) is 14.7 Å². The Hall–Kier alpha value is -1.79. The molecule has 0 unspecified atom stereocenters. The zero-order chi connectivity index (χ0) is 11.9. The van der Waals surface area contributed by atoms with Crippen LogP contribution in [0.5, 0.6) is 0 Å². The smallest absolute Gasteiger partial charge is 0.289 e. The van der Waals surface area contributed by atoms with Crippen molar-refractivity contribution in [1.29, 1.82) is 0 Å². The molecule has 0 bridgehead atoms. The van der Waals surface area contributed by atoms with E-state index in [0.717, 1.165) is 0 Å². The van der Waals surface area contributed by atoms with Crippen molar-refractivity contribution in [2.24, 2.45) is 0 Å². The van der Waals surface area contributed by atoms with Crippen LogP contribution in [0.2, 0.25) is 0 Å². The minimum absolute atomic E-state index is 0.0515. The monoisotopic (exact) mass is 237 g/mol. The fourth-order valence-corrected chi connectivity index (χ4v) is 2.07. The van der Waals surface area contributed by atoms with Gasteiger partial charge in [0.1, 0.15) is 4.91 Å². The van der Waals surface area contributed by atoms with Gasteiger partial charge in [0, 0.05) is 17.2 Å². The highest BCUT2D eigenvalue weighted by molar-refractivity contribution is 7.90. The largest absolute Gasteiger partial charge is 0.328 e. The Balaban J connectivity index is 2.70. The fraction of sp³-hybridized carbons (Fsp3) is 0. The van der Waals surface area contributed by atoms with Gasteiger partial charge in [0.15, 0.2) is 5.78 Å². The first kappa shape index (κ1) is 10.7. The molecule has 81 valence electrons. The fourth-order valence-electron chi connectivity index (χ4n) is 1.48. The maximum atomic E-state index is 11.6. The first-order valence-electron chi connectivity index (χ1n) is 4.27. The zero-order valence-corrected chi connectivity index (χ0v) is 8.65. The molecule has 0 fully saturated rings. The number of fused-ring (bicyclic) bond motifs is 1. The van der Waals surface area contributed by atoms with Crippen molar-refractivity contribution in [3.8, 4) is 0 Å². The summed E-state index contributed by atoms with van der Waals surface area (Å²) in [5.74, 6) is -1.57. The van der Waals surface area contributed by atoms with Crippen LogP contribution in [0.4, 0.5) is 0 Å². The Morgan fingerprint density at radius 2 is 1.50 bits per heavy atom. The van der Waals surface area contributed by atoms with E-state index in [1.54, 1.807) is 6.07 Å². The summed E-state index contributed by atoms with van der Waals surface area (Å²) in [5, 5.41) is 0. The number of hydrogen-bond donors (Lipinski definition) is 0. The third kappa shape index (κ3) is 1.58. The van der Waals surface area contributed by atoms with Crippen LogP contribution in [0.3, 0.4) is 0 Å². The van der Waals surface area contributed by atoms with E-state index >= 15 is 0 Å². The molecular weight excluding hydrogens is 232 g/mol. The van der Waals surface area contributed by atoms with E-state index in [1.807, 2.05) is 0 Å². The molecule has 16 heavy (non-hydrogen) atoms. The lowest BCUT2D eigenvalue weighted by Gasteiger charge is -2.11. The molecule has 1 aromatic rings. The summed E-state index contributed by atoms with van der Waals surface area (Å²) in [4.78, 5) is 22.1. The minimum atomic E-state index is -4.91. The highest BCUT2D eigenvalue weighted by Crippen LogP contribution is 2.23.